The Morgan fingerprint density at radius 3 is 2.17 bits per heavy atom. The van der Waals surface area contributed by atoms with E-state index >= 15 is 0 Å². The molecule has 2 N–H and O–H groups in total. The second kappa shape index (κ2) is 6.87. The van der Waals surface area contributed by atoms with Crippen LogP contribution in [0.4, 0.5) is 18.9 Å². The second-order valence-corrected chi connectivity index (χ2v) is 6.35. The van der Waals surface area contributed by atoms with Crippen LogP contribution in [0, 0.1) is 0 Å². The molecule has 0 saturated carbocycles. The van der Waals surface area contributed by atoms with Crippen LogP contribution in [0.5, 0.6) is 0 Å². The summed E-state index contributed by atoms with van der Waals surface area (Å²) < 4.78 is 62.8. The molecule has 0 bridgehead atoms. The molecule has 0 saturated heterocycles. The summed E-state index contributed by atoms with van der Waals surface area (Å²) in [5, 5.41) is 1.70. The Bertz CT molecular complexity index is 807. The quantitative estimate of drug-likeness (QED) is 0.856. The van der Waals surface area contributed by atoms with E-state index in [1.165, 1.54) is 24.5 Å². The molecule has 0 spiro atoms. The third-order valence-electron chi connectivity index (χ3n) is 2.81. The zero-order valence-corrected chi connectivity index (χ0v) is 12.9. The molecule has 24 heavy (non-hydrogen) atoms. The van der Waals surface area contributed by atoms with Crippen LogP contribution in [0.15, 0.2) is 53.7 Å². The third-order valence-corrected chi connectivity index (χ3v) is 4.21. The van der Waals surface area contributed by atoms with Crippen LogP contribution in [-0.4, -0.2) is 32.0 Å². The average Bonchev–Trinajstić information content (AvgIpc) is 2.52. The van der Waals surface area contributed by atoms with E-state index in [1.807, 2.05) is 0 Å². The predicted molar refractivity (Wildman–Crippen MR) is 79.9 cm³/mol. The average molecular weight is 359 g/mol. The van der Waals surface area contributed by atoms with Crippen LogP contribution in [0.3, 0.4) is 0 Å². The number of benzene rings is 1. The summed E-state index contributed by atoms with van der Waals surface area (Å²) >= 11 is 0. The lowest BCUT2D eigenvalue weighted by atomic mass is 10.2. The number of amides is 1. The van der Waals surface area contributed by atoms with Gasteiger partial charge in [-0.25, -0.2) is 8.42 Å². The molecule has 2 aromatic rings. The van der Waals surface area contributed by atoms with Gasteiger partial charge in [-0.3, -0.25) is 14.5 Å². The van der Waals surface area contributed by atoms with Gasteiger partial charge >= 0.3 is 6.18 Å². The van der Waals surface area contributed by atoms with Gasteiger partial charge in [-0.15, -0.1) is 0 Å². The minimum absolute atomic E-state index is 0.0814. The minimum Gasteiger partial charge on any atom is -0.343 e. The molecule has 0 atom stereocenters. The first kappa shape index (κ1) is 17.7. The summed E-state index contributed by atoms with van der Waals surface area (Å²) in [6, 6.07) is 7.44. The molecule has 0 unspecified atom stereocenters. The van der Waals surface area contributed by atoms with Gasteiger partial charge in [0, 0.05) is 18.0 Å². The molecule has 2 rings (SSSR count). The van der Waals surface area contributed by atoms with E-state index in [9.17, 15) is 26.4 Å². The van der Waals surface area contributed by atoms with Crippen molar-refractivity contribution in [2.45, 2.75) is 11.1 Å². The maximum absolute atomic E-state index is 12.2. The number of alkyl halides is 3. The third kappa shape index (κ3) is 4.95. The Hall–Kier alpha value is -2.62. The van der Waals surface area contributed by atoms with Crippen molar-refractivity contribution < 1.29 is 26.4 Å². The number of nitrogens with one attached hydrogen (secondary N) is 2. The zero-order chi connectivity index (χ0) is 17.8. The van der Waals surface area contributed by atoms with E-state index in [-0.39, 0.29) is 10.5 Å². The van der Waals surface area contributed by atoms with Crippen LogP contribution < -0.4 is 10.0 Å². The topological polar surface area (TPSA) is 88.2 Å². The first-order chi connectivity index (χ1) is 11.2. The van der Waals surface area contributed by atoms with Crippen molar-refractivity contribution in [1.29, 1.82) is 0 Å². The van der Waals surface area contributed by atoms with E-state index in [0.29, 0.717) is 5.69 Å². The fourth-order valence-corrected chi connectivity index (χ4v) is 2.76. The van der Waals surface area contributed by atoms with Gasteiger partial charge in [-0.1, -0.05) is 0 Å². The van der Waals surface area contributed by atoms with E-state index < -0.39 is 28.7 Å². The van der Waals surface area contributed by atoms with Gasteiger partial charge in [0.15, 0.2) is 0 Å². The lowest BCUT2D eigenvalue weighted by molar-refractivity contribution is -0.123. The summed E-state index contributed by atoms with van der Waals surface area (Å²) in [6.07, 6.45) is -1.70. The monoisotopic (exact) mass is 359 g/mol. The lowest BCUT2D eigenvalue weighted by Gasteiger charge is -2.10. The van der Waals surface area contributed by atoms with Gasteiger partial charge in [0.05, 0.1) is 10.6 Å². The Balaban J connectivity index is 2.09. The number of carbonyl (C=O) groups excluding carboxylic acids is 1. The van der Waals surface area contributed by atoms with E-state index in [1.54, 1.807) is 5.32 Å². The number of carbonyl (C=O) groups is 1. The molecular formula is C14H12F3N3O3S. The number of halogens is 3. The number of sulfonamides is 1. The number of rotatable bonds is 5. The maximum Gasteiger partial charge on any atom is 0.405 e. The van der Waals surface area contributed by atoms with E-state index in [4.69, 9.17) is 0 Å². The number of aromatic nitrogens is 1. The van der Waals surface area contributed by atoms with Crippen molar-refractivity contribution in [3.63, 3.8) is 0 Å². The Labute approximate surface area is 135 Å². The van der Waals surface area contributed by atoms with Crippen molar-refractivity contribution in [3.05, 3.63) is 54.4 Å². The Morgan fingerprint density at radius 1 is 1.04 bits per heavy atom. The van der Waals surface area contributed by atoms with Crippen molar-refractivity contribution in [2.75, 3.05) is 11.3 Å². The van der Waals surface area contributed by atoms with Crippen molar-refractivity contribution in [2.24, 2.45) is 0 Å². The van der Waals surface area contributed by atoms with Gasteiger partial charge in [-0.2, -0.15) is 13.2 Å². The molecular weight excluding hydrogens is 347 g/mol. The molecule has 1 aromatic carbocycles. The molecule has 6 nitrogen and oxygen atoms in total. The lowest BCUT2D eigenvalue weighted by Crippen LogP contribution is -2.33. The molecule has 1 heterocycles. The van der Waals surface area contributed by atoms with E-state index in [2.05, 4.69) is 9.71 Å². The highest BCUT2D eigenvalue weighted by Crippen LogP contribution is 2.16. The molecule has 0 fully saturated rings. The van der Waals surface area contributed by atoms with Crippen LogP contribution >= 0.6 is 0 Å². The number of pyridine rings is 1. The van der Waals surface area contributed by atoms with Crippen molar-refractivity contribution in [3.8, 4) is 0 Å². The van der Waals surface area contributed by atoms with Gasteiger partial charge in [0.2, 0.25) is 0 Å². The predicted octanol–water partition coefficient (Wildman–Crippen LogP) is 2.17. The first-order valence-electron chi connectivity index (χ1n) is 6.55. The Kier molecular flexibility index (Phi) is 5.07. The van der Waals surface area contributed by atoms with Crippen LogP contribution in [-0.2, 0) is 10.0 Å². The first-order valence-corrected chi connectivity index (χ1v) is 8.03. The summed E-state index contributed by atoms with van der Waals surface area (Å²) in [5.41, 5.74) is 0.221. The van der Waals surface area contributed by atoms with Gasteiger partial charge < -0.3 is 5.32 Å². The number of hydrogen-bond acceptors (Lipinski definition) is 4. The molecule has 1 aromatic heterocycles. The highest BCUT2D eigenvalue weighted by molar-refractivity contribution is 7.92. The highest BCUT2D eigenvalue weighted by Gasteiger charge is 2.28. The largest absolute Gasteiger partial charge is 0.405 e. The summed E-state index contributed by atoms with van der Waals surface area (Å²) in [4.78, 5) is 15.2. The highest BCUT2D eigenvalue weighted by atomic mass is 32.2. The molecule has 0 aliphatic carbocycles. The molecule has 0 radical (unpaired) electrons. The van der Waals surface area contributed by atoms with Crippen molar-refractivity contribution >= 4 is 21.6 Å². The van der Waals surface area contributed by atoms with Crippen LogP contribution in [0.2, 0.25) is 0 Å². The standard InChI is InChI=1S/C14H12F3N3O3S/c15-14(16,17)9-19-13(21)10-1-3-12(4-2-10)24(22,23)20-11-5-7-18-8-6-11/h1-8H,9H2,(H,18,20)(H,19,21). The summed E-state index contributed by atoms with van der Waals surface area (Å²) in [6.45, 7) is -1.46. The summed E-state index contributed by atoms with van der Waals surface area (Å²) in [7, 11) is -3.88. The minimum atomic E-state index is -4.52. The van der Waals surface area contributed by atoms with Gasteiger partial charge in [0.25, 0.3) is 15.9 Å². The summed E-state index contributed by atoms with van der Waals surface area (Å²) in [5.74, 6) is -0.946. The number of nitrogens with zero attached hydrogens (tertiary/aromatic N) is 1. The van der Waals surface area contributed by atoms with Crippen molar-refractivity contribution in [1.82, 2.24) is 10.3 Å². The van der Waals surface area contributed by atoms with Crippen LogP contribution in [0.1, 0.15) is 10.4 Å². The maximum atomic E-state index is 12.2. The normalized spacial score (nSPS) is 11.8. The zero-order valence-electron chi connectivity index (χ0n) is 12.0. The molecule has 1 amide bonds. The molecule has 0 aliphatic heterocycles. The SMILES string of the molecule is O=C(NCC(F)(F)F)c1ccc(S(=O)(=O)Nc2ccncc2)cc1. The van der Waals surface area contributed by atoms with Crippen LogP contribution in [0.25, 0.3) is 0 Å². The Morgan fingerprint density at radius 2 is 1.62 bits per heavy atom. The number of hydrogen-bond donors (Lipinski definition) is 2. The van der Waals surface area contributed by atoms with Gasteiger partial charge in [0.1, 0.15) is 6.54 Å². The molecule has 128 valence electrons. The molecule has 10 heteroatoms. The fourth-order valence-electron chi connectivity index (χ4n) is 1.70. The van der Waals surface area contributed by atoms with E-state index in [0.717, 1.165) is 24.3 Å². The number of anilines is 1. The van der Waals surface area contributed by atoms with Gasteiger partial charge in [-0.05, 0) is 36.4 Å². The fraction of sp³-hybridized carbons (Fsp3) is 0.143. The smallest absolute Gasteiger partial charge is 0.343 e. The second-order valence-electron chi connectivity index (χ2n) is 4.66. The molecule has 0 aliphatic rings.